The van der Waals surface area contributed by atoms with Gasteiger partial charge in [-0.25, -0.2) is 0 Å². The molecule has 8 nitrogen and oxygen atoms in total. The summed E-state index contributed by atoms with van der Waals surface area (Å²) in [5.74, 6) is 3.46. The van der Waals surface area contributed by atoms with Crippen LogP contribution in [0.15, 0.2) is 12.1 Å². The molecule has 2 aromatic rings. The Morgan fingerprint density at radius 3 is 2.56 bits per heavy atom. The summed E-state index contributed by atoms with van der Waals surface area (Å²) >= 11 is 0. The average Bonchev–Trinajstić information content (AvgIpc) is 3.40. The first-order valence-corrected chi connectivity index (χ1v) is 10.1. The number of nitrogens with zero attached hydrogens (tertiary/aromatic N) is 6. The molecular weight excluding hydrogens is 344 g/mol. The van der Waals surface area contributed by atoms with Crippen LogP contribution in [0.1, 0.15) is 25.6 Å². The number of aromatic nitrogens is 4. The van der Waals surface area contributed by atoms with Crippen molar-refractivity contribution in [2.45, 2.75) is 26.2 Å². The molecule has 1 amide bonds. The molecule has 0 spiro atoms. The molecule has 0 saturated carbocycles. The Bertz CT molecular complexity index is 832. The molecule has 8 heteroatoms. The first-order valence-electron chi connectivity index (χ1n) is 10.1. The van der Waals surface area contributed by atoms with Crippen LogP contribution in [-0.4, -0.2) is 70.0 Å². The Hall–Kier alpha value is -2.22. The Morgan fingerprint density at radius 1 is 1.11 bits per heavy atom. The number of fused-ring (bicyclic) bond motifs is 2. The highest BCUT2D eigenvalue weighted by atomic mass is 16.5. The second-order valence-corrected chi connectivity index (χ2v) is 7.99. The molecule has 5 heterocycles. The third-order valence-corrected chi connectivity index (χ3v) is 6.32. The van der Waals surface area contributed by atoms with E-state index in [1.165, 1.54) is 0 Å². The van der Waals surface area contributed by atoms with Crippen molar-refractivity contribution in [2.24, 2.45) is 17.8 Å². The van der Waals surface area contributed by atoms with Crippen LogP contribution in [-0.2, 0) is 16.0 Å². The molecule has 0 radical (unpaired) electrons. The van der Waals surface area contributed by atoms with Gasteiger partial charge < -0.3 is 14.5 Å². The van der Waals surface area contributed by atoms with Gasteiger partial charge >= 0.3 is 0 Å². The molecule has 5 rings (SSSR count). The van der Waals surface area contributed by atoms with Crippen LogP contribution in [0.3, 0.4) is 0 Å². The van der Waals surface area contributed by atoms with Gasteiger partial charge in [-0.05, 0) is 25.0 Å². The van der Waals surface area contributed by atoms with Crippen LogP contribution in [0.4, 0.5) is 5.82 Å². The summed E-state index contributed by atoms with van der Waals surface area (Å²) in [5, 5.41) is 13.1. The highest BCUT2D eigenvalue weighted by Gasteiger charge is 2.43. The number of hydrogen-bond donors (Lipinski definition) is 0. The van der Waals surface area contributed by atoms with E-state index in [1.54, 1.807) is 0 Å². The number of carbonyl (C=O) groups is 1. The van der Waals surface area contributed by atoms with Crippen LogP contribution in [0.2, 0.25) is 0 Å². The van der Waals surface area contributed by atoms with Crippen molar-refractivity contribution < 1.29 is 9.53 Å². The van der Waals surface area contributed by atoms with E-state index >= 15 is 0 Å². The number of aryl methyl sites for hydroxylation is 1. The Morgan fingerprint density at radius 2 is 1.85 bits per heavy atom. The molecule has 3 aliphatic heterocycles. The van der Waals surface area contributed by atoms with Crippen molar-refractivity contribution >= 4 is 17.4 Å². The predicted octanol–water partition coefficient (Wildman–Crippen LogP) is 1.01. The lowest BCUT2D eigenvalue weighted by Gasteiger charge is -2.28. The highest BCUT2D eigenvalue weighted by molar-refractivity contribution is 5.79. The molecule has 2 atom stereocenters. The molecule has 0 aromatic carbocycles. The molecule has 3 aliphatic rings. The Labute approximate surface area is 158 Å². The standard InChI is InChI=1S/C19H26N6O2/c1-2-16-20-21-17-3-4-18(22-25(16)17)23-9-14-11-24(12-15(14)10-23)19(26)13-5-7-27-8-6-13/h3-4,13-15H,2,5-12H2,1H3. The molecular formula is C19H26N6O2. The van der Waals surface area contributed by atoms with Crippen molar-refractivity contribution in [3.63, 3.8) is 0 Å². The zero-order chi connectivity index (χ0) is 18.4. The molecule has 0 N–H and O–H groups in total. The first-order chi connectivity index (χ1) is 13.2. The quantitative estimate of drug-likeness (QED) is 0.803. The van der Waals surface area contributed by atoms with E-state index in [0.29, 0.717) is 17.7 Å². The maximum Gasteiger partial charge on any atom is 0.225 e. The van der Waals surface area contributed by atoms with Gasteiger partial charge in [0.2, 0.25) is 5.91 Å². The fraction of sp³-hybridized carbons (Fsp3) is 0.684. The third kappa shape index (κ3) is 2.96. The van der Waals surface area contributed by atoms with E-state index in [-0.39, 0.29) is 5.92 Å². The van der Waals surface area contributed by atoms with E-state index in [1.807, 2.05) is 16.6 Å². The van der Waals surface area contributed by atoms with Crippen LogP contribution < -0.4 is 4.90 Å². The number of ether oxygens (including phenoxy) is 1. The van der Waals surface area contributed by atoms with Gasteiger partial charge in [0.05, 0.1) is 0 Å². The van der Waals surface area contributed by atoms with Crippen molar-refractivity contribution in [3.05, 3.63) is 18.0 Å². The summed E-state index contributed by atoms with van der Waals surface area (Å²) < 4.78 is 7.25. The average molecular weight is 370 g/mol. The number of carbonyl (C=O) groups excluding carboxylic acids is 1. The number of anilines is 1. The summed E-state index contributed by atoms with van der Waals surface area (Å²) in [7, 11) is 0. The van der Waals surface area contributed by atoms with Crippen LogP contribution >= 0.6 is 0 Å². The van der Waals surface area contributed by atoms with E-state index in [9.17, 15) is 4.79 Å². The van der Waals surface area contributed by atoms with Gasteiger partial charge in [-0.1, -0.05) is 6.92 Å². The number of amides is 1. The lowest BCUT2D eigenvalue weighted by Crippen LogP contribution is -2.39. The number of rotatable bonds is 3. The van der Waals surface area contributed by atoms with Crippen molar-refractivity contribution in [2.75, 3.05) is 44.3 Å². The maximum absolute atomic E-state index is 12.8. The molecule has 0 aliphatic carbocycles. The molecule has 27 heavy (non-hydrogen) atoms. The molecule has 3 fully saturated rings. The van der Waals surface area contributed by atoms with Gasteiger partial charge in [-0.2, -0.15) is 4.52 Å². The molecule has 0 bridgehead atoms. The second-order valence-electron chi connectivity index (χ2n) is 7.99. The normalized spacial score (nSPS) is 26.1. The minimum Gasteiger partial charge on any atom is -0.381 e. The van der Waals surface area contributed by atoms with Gasteiger partial charge in [0.25, 0.3) is 0 Å². The minimum absolute atomic E-state index is 0.166. The van der Waals surface area contributed by atoms with Gasteiger partial charge in [-0.3, -0.25) is 4.79 Å². The zero-order valence-corrected chi connectivity index (χ0v) is 15.8. The highest BCUT2D eigenvalue weighted by Crippen LogP contribution is 2.34. The van der Waals surface area contributed by atoms with E-state index in [4.69, 9.17) is 9.84 Å². The summed E-state index contributed by atoms with van der Waals surface area (Å²) in [6.07, 6.45) is 2.56. The lowest BCUT2D eigenvalue weighted by atomic mass is 9.99. The van der Waals surface area contributed by atoms with E-state index in [2.05, 4.69) is 26.9 Å². The molecule has 3 saturated heterocycles. The lowest BCUT2D eigenvalue weighted by molar-refractivity contribution is -0.137. The van der Waals surface area contributed by atoms with Gasteiger partial charge in [-0.15, -0.1) is 15.3 Å². The van der Waals surface area contributed by atoms with Crippen LogP contribution in [0.5, 0.6) is 0 Å². The largest absolute Gasteiger partial charge is 0.381 e. The molecule has 2 unspecified atom stereocenters. The summed E-state index contributed by atoms with van der Waals surface area (Å²) in [4.78, 5) is 17.3. The Balaban J connectivity index is 1.26. The monoisotopic (exact) mass is 370 g/mol. The molecule has 2 aromatic heterocycles. The van der Waals surface area contributed by atoms with Gasteiger partial charge in [0.15, 0.2) is 11.5 Å². The first kappa shape index (κ1) is 16.9. The summed E-state index contributed by atoms with van der Waals surface area (Å²) in [6, 6.07) is 4.03. The number of hydrogen-bond acceptors (Lipinski definition) is 6. The Kier molecular flexibility index (Phi) is 4.22. The topological polar surface area (TPSA) is 75.9 Å². The van der Waals surface area contributed by atoms with Crippen molar-refractivity contribution in [3.8, 4) is 0 Å². The van der Waals surface area contributed by atoms with Crippen molar-refractivity contribution in [1.82, 2.24) is 24.7 Å². The SMILES string of the molecule is CCc1nnc2ccc(N3CC4CN(C(=O)C5CCOCC5)CC4C3)nn12. The van der Waals surface area contributed by atoms with Gasteiger partial charge in [0, 0.05) is 63.6 Å². The van der Waals surface area contributed by atoms with E-state index in [0.717, 1.165) is 75.9 Å². The smallest absolute Gasteiger partial charge is 0.225 e. The van der Waals surface area contributed by atoms with E-state index < -0.39 is 0 Å². The second kappa shape index (κ2) is 6.74. The fourth-order valence-corrected chi connectivity index (χ4v) is 4.78. The van der Waals surface area contributed by atoms with Gasteiger partial charge in [0.1, 0.15) is 5.82 Å². The zero-order valence-electron chi connectivity index (χ0n) is 15.8. The van der Waals surface area contributed by atoms with Crippen molar-refractivity contribution in [1.29, 1.82) is 0 Å². The summed E-state index contributed by atoms with van der Waals surface area (Å²) in [5.41, 5.74) is 0.795. The van der Waals surface area contributed by atoms with Crippen LogP contribution in [0.25, 0.3) is 5.65 Å². The predicted molar refractivity (Wildman–Crippen MR) is 99.5 cm³/mol. The minimum atomic E-state index is 0.166. The maximum atomic E-state index is 12.8. The third-order valence-electron chi connectivity index (χ3n) is 6.32. The number of likely N-dealkylation sites (tertiary alicyclic amines) is 1. The summed E-state index contributed by atoms with van der Waals surface area (Å²) in [6.45, 7) is 7.20. The fourth-order valence-electron chi connectivity index (χ4n) is 4.78. The molecule has 144 valence electrons. The van der Waals surface area contributed by atoms with Crippen LogP contribution in [0, 0.1) is 17.8 Å².